The summed E-state index contributed by atoms with van der Waals surface area (Å²) in [5.41, 5.74) is 3.84. The number of nitrogens with zero attached hydrogens (tertiary/aromatic N) is 1. The Hall–Kier alpha value is -1.51. The second-order valence-electron chi connectivity index (χ2n) is 5.40. The van der Waals surface area contributed by atoms with Gasteiger partial charge in [0.1, 0.15) is 0 Å². The quantitative estimate of drug-likeness (QED) is 0.889. The van der Waals surface area contributed by atoms with E-state index in [9.17, 15) is 4.79 Å². The minimum absolute atomic E-state index is 0.315. The Kier molecular flexibility index (Phi) is 3.60. The molecule has 3 heteroatoms. The fourth-order valence-electron chi connectivity index (χ4n) is 2.68. The van der Waals surface area contributed by atoms with Gasteiger partial charge in [-0.3, -0.25) is 4.79 Å². The van der Waals surface area contributed by atoms with Crippen LogP contribution in [0.5, 0.6) is 0 Å². The van der Waals surface area contributed by atoms with E-state index in [4.69, 9.17) is 5.11 Å². The lowest BCUT2D eigenvalue weighted by Gasteiger charge is -2.24. The predicted octanol–water partition coefficient (Wildman–Crippen LogP) is 2.72. The Morgan fingerprint density at radius 1 is 1.39 bits per heavy atom. The van der Waals surface area contributed by atoms with Crippen molar-refractivity contribution in [2.45, 2.75) is 39.7 Å². The number of hydrogen-bond donors (Lipinski definition) is 1. The van der Waals surface area contributed by atoms with Crippen LogP contribution in [0.25, 0.3) is 0 Å². The molecule has 1 heterocycles. The number of hydrogen-bond acceptors (Lipinski definition) is 2. The SMILES string of the molecule is CC(Cc1cccc2c1CCN2C(C)C)C(=O)O. The number of rotatable bonds is 4. The van der Waals surface area contributed by atoms with E-state index in [0.717, 1.165) is 13.0 Å². The third-order valence-corrected chi connectivity index (χ3v) is 3.73. The molecule has 1 atom stereocenters. The summed E-state index contributed by atoms with van der Waals surface area (Å²) < 4.78 is 0. The first-order valence-corrected chi connectivity index (χ1v) is 6.61. The van der Waals surface area contributed by atoms with Gasteiger partial charge in [-0.05, 0) is 43.9 Å². The molecule has 0 saturated carbocycles. The van der Waals surface area contributed by atoms with Crippen molar-refractivity contribution in [1.82, 2.24) is 0 Å². The van der Waals surface area contributed by atoms with Gasteiger partial charge in [0.25, 0.3) is 0 Å². The fraction of sp³-hybridized carbons (Fsp3) is 0.533. The third-order valence-electron chi connectivity index (χ3n) is 3.73. The Bertz CT molecular complexity index is 454. The van der Waals surface area contributed by atoms with Crippen LogP contribution in [0.1, 0.15) is 31.9 Å². The highest BCUT2D eigenvalue weighted by Crippen LogP contribution is 2.33. The number of benzene rings is 1. The first-order chi connectivity index (χ1) is 8.50. The highest BCUT2D eigenvalue weighted by molar-refractivity contribution is 5.70. The van der Waals surface area contributed by atoms with Gasteiger partial charge < -0.3 is 10.0 Å². The maximum Gasteiger partial charge on any atom is 0.306 e. The molecule has 0 aromatic heterocycles. The lowest BCUT2D eigenvalue weighted by molar-refractivity contribution is -0.141. The van der Waals surface area contributed by atoms with Crippen LogP contribution in [-0.2, 0) is 17.6 Å². The Morgan fingerprint density at radius 2 is 2.11 bits per heavy atom. The van der Waals surface area contributed by atoms with Crippen LogP contribution < -0.4 is 4.90 Å². The lowest BCUT2D eigenvalue weighted by atomic mass is 9.95. The van der Waals surface area contributed by atoms with Gasteiger partial charge in [-0.2, -0.15) is 0 Å². The monoisotopic (exact) mass is 247 g/mol. The smallest absolute Gasteiger partial charge is 0.306 e. The first kappa shape index (κ1) is 12.9. The molecule has 0 saturated heterocycles. The van der Waals surface area contributed by atoms with E-state index in [1.54, 1.807) is 6.92 Å². The summed E-state index contributed by atoms with van der Waals surface area (Å²) in [7, 11) is 0. The Morgan fingerprint density at radius 3 is 2.72 bits per heavy atom. The normalized spacial score (nSPS) is 15.9. The van der Waals surface area contributed by atoms with Crippen molar-refractivity contribution in [3.63, 3.8) is 0 Å². The molecule has 1 N–H and O–H groups in total. The molecule has 0 spiro atoms. The van der Waals surface area contributed by atoms with Crippen molar-refractivity contribution in [2.75, 3.05) is 11.4 Å². The summed E-state index contributed by atoms with van der Waals surface area (Å²) in [5, 5.41) is 9.02. The molecule has 1 aliphatic heterocycles. The predicted molar refractivity (Wildman–Crippen MR) is 73.1 cm³/mol. The highest BCUT2D eigenvalue weighted by Gasteiger charge is 2.24. The largest absolute Gasteiger partial charge is 0.481 e. The topological polar surface area (TPSA) is 40.5 Å². The van der Waals surface area contributed by atoms with Gasteiger partial charge in [-0.1, -0.05) is 19.1 Å². The average Bonchev–Trinajstić information content (AvgIpc) is 2.73. The summed E-state index contributed by atoms with van der Waals surface area (Å²) in [5.74, 6) is -1.03. The summed E-state index contributed by atoms with van der Waals surface area (Å²) in [6.07, 6.45) is 1.67. The number of anilines is 1. The summed E-state index contributed by atoms with van der Waals surface area (Å²) in [6, 6.07) is 6.77. The molecule has 0 amide bonds. The van der Waals surface area contributed by atoms with E-state index >= 15 is 0 Å². The average molecular weight is 247 g/mol. The van der Waals surface area contributed by atoms with E-state index in [1.165, 1.54) is 16.8 Å². The number of fused-ring (bicyclic) bond motifs is 1. The van der Waals surface area contributed by atoms with Gasteiger partial charge in [0.15, 0.2) is 0 Å². The van der Waals surface area contributed by atoms with Gasteiger partial charge in [0.05, 0.1) is 5.92 Å². The van der Waals surface area contributed by atoms with Gasteiger partial charge in [0.2, 0.25) is 0 Å². The molecular weight excluding hydrogens is 226 g/mol. The summed E-state index contributed by atoms with van der Waals surface area (Å²) in [4.78, 5) is 13.4. The number of aliphatic carboxylic acids is 1. The van der Waals surface area contributed by atoms with Crippen molar-refractivity contribution in [1.29, 1.82) is 0 Å². The van der Waals surface area contributed by atoms with E-state index in [-0.39, 0.29) is 5.92 Å². The van der Waals surface area contributed by atoms with Gasteiger partial charge in [-0.25, -0.2) is 0 Å². The summed E-state index contributed by atoms with van der Waals surface area (Å²) in [6.45, 7) is 7.21. The minimum atomic E-state index is -0.716. The zero-order valence-electron chi connectivity index (χ0n) is 11.3. The maximum atomic E-state index is 11.0. The molecule has 3 nitrogen and oxygen atoms in total. The van der Waals surface area contributed by atoms with Crippen molar-refractivity contribution >= 4 is 11.7 Å². The zero-order chi connectivity index (χ0) is 13.3. The Labute approximate surface area is 108 Å². The van der Waals surface area contributed by atoms with Gasteiger partial charge >= 0.3 is 5.97 Å². The van der Waals surface area contributed by atoms with Crippen molar-refractivity contribution < 1.29 is 9.90 Å². The highest BCUT2D eigenvalue weighted by atomic mass is 16.4. The van der Waals surface area contributed by atoms with Crippen LogP contribution >= 0.6 is 0 Å². The van der Waals surface area contributed by atoms with Crippen molar-refractivity contribution in [2.24, 2.45) is 5.92 Å². The molecule has 1 aromatic rings. The number of carboxylic acids is 1. The molecule has 1 unspecified atom stereocenters. The molecule has 98 valence electrons. The molecular formula is C15H21NO2. The fourth-order valence-corrected chi connectivity index (χ4v) is 2.68. The van der Waals surface area contributed by atoms with E-state index in [1.807, 2.05) is 6.07 Å². The van der Waals surface area contributed by atoms with Crippen LogP contribution in [-0.4, -0.2) is 23.7 Å². The second-order valence-corrected chi connectivity index (χ2v) is 5.40. The minimum Gasteiger partial charge on any atom is -0.481 e. The van der Waals surface area contributed by atoms with E-state index in [0.29, 0.717) is 12.5 Å². The molecule has 0 fully saturated rings. The van der Waals surface area contributed by atoms with Crippen LogP contribution in [0.4, 0.5) is 5.69 Å². The number of carboxylic acid groups (broad SMARTS) is 1. The molecule has 0 radical (unpaired) electrons. The van der Waals surface area contributed by atoms with Crippen LogP contribution in [0.3, 0.4) is 0 Å². The number of carbonyl (C=O) groups is 1. The van der Waals surface area contributed by atoms with Crippen molar-refractivity contribution in [3.05, 3.63) is 29.3 Å². The standard InChI is InChI=1S/C15H21NO2/c1-10(2)16-8-7-13-12(5-4-6-14(13)16)9-11(3)15(17)18/h4-6,10-11H,7-9H2,1-3H3,(H,17,18). The van der Waals surface area contributed by atoms with Crippen molar-refractivity contribution in [3.8, 4) is 0 Å². The van der Waals surface area contributed by atoms with E-state index in [2.05, 4.69) is 30.9 Å². The molecule has 0 bridgehead atoms. The van der Waals surface area contributed by atoms with Crippen LogP contribution in [0, 0.1) is 5.92 Å². The zero-order valence-corrected chi connectivity index (χ0v) is 11.3. The molecule has 1 aromatic carbocycles. The Balaban J connectivity index is 2.27. The molecule has 1 aliphatic rings. The molecule has 18 heavy (non-hydrogen) atoms. The maximum absolute atomic E-state index is 11.0. The molecule has 0 aliphatic carbocycles. The van der Waals surface area contributed by atoms with Crippen LogP contribution in [0.15, 0.2) is 18.2 Å². The van der Waals surface area contributed by atoms with Crippen LogP contribution in [0.2, 0.25) is 0 Å². The first-order valence-electron chi connectivity index (χ1n) is 6.61. The molecule has 2 rings (SSSR count). The van der Waals surface area contributed by atoms with Gasteiger partial charge in [0, 0.05) is 18.3 Å². The third kappa shape index (κ3) is 2.35. The van der Waals surface area contributed by atoms with E-state index < -0.39 is 5.97 Å². The lowest BCUT2D eigenvalue weighted by Crippen LogP contribution is -2.28. The second kappa shape index (κ2) is 5.01. The summed E-state index contributed by atoms with van der Waals surface area (Å²) >= 11 is 0. The van der Waals surface area contributed by atoms with Gasteiger partial charge in [-0.15, -0.1) is 0 Å².